The van der Waals surface area contributed by atoms with E-state index in [0.29, 0.717) is 0 Å². The Morgan fingerprint density at radius 2 is 1.56 bits per heavy atom. The largest absolute Gasteiger partial charge is 0.508 e. The zero-order chi connectivity index (χ0) is 23.3. The van der Waals surface area contributed by atoms with Crippen LogP contribution in [0.1, 0.15) is 6.92 Å². The van der Waals surface area contributed by atoms with Crippen molar-refractivity contribution in [3.63, 3.8) is 0 Å². The summed E-state index contributed by atoms with van der Waals surface area (Å²) in [5.41, 5.74) is -1.32. The molecule has 1 aromatic heterocycles. The molecule has 1 aliphatic rings. The second-order valence-corrected chi connectivity index (χ2v) is 7.40. The molecule has 11 heteroatoms. The zero-order valence-electron chi connectivity index (χ0n) is 16.5. The van der Waals surface area contributed by atoms with Gasteiger partial charge in [-0.05, 0) is 31.2 Å². The number of ether oxygens (including phenoxy) is 2. The van der Waals surface area contributed by atoms with Gasteiger partial charge in [-0.2, -0.15) is 0 Å². The molecule has 0 radical (unpaired) electrons. The van der Waals surface area contributed by atoms with Gasteiger partial charge in [0.15, 0.2) is 17.1 Å². The van der Waals surface area contributed by atoms with E-state index in [2.05, 4.69) is 0 Å². The maximum absolute atomic E-state index is 12.8. The third-order valence-corrected chi connectivity index (χ3v) is 5.23. The third-order valence-electron chi connectivity index (χ3n) is 5.23. The van der Waals surface area contributed by atoms with Crippen LogP contribution in [0.4, 0.5) is 0 Å². The molecule has 0 bridgehead atoms. The Morgan fingerprint density at radius 3 is 2.22 bits per heavy atom. The highest BCUT2D eigenvalue weighted by Crippen LogP contribution is 2.43. The minimum atomic E-state index is -1.73. The lowest BCUT2D eigenvalue weighted by Crippen LogP contribution is -2.58. The number of fused-ring (bicyclic) bond motifs is 1. The van der Waals surface area contributed by atoms with Crippen LogP contribution < -0.4 is 10.2 Å². The van der Waals surface area contributed by atoms with Crippen molar-refractivity contribution >= 4 is 11.0 Å². The number of aliphatic hydroxyl groups is 3. The number of phenolic OH excluding ortho intramolecular Hbond substituents is 3. The molecule has 0 amide bonds. The summed E-state index contributed by atoms with van der Waals surface area (Å²) in [6.45, 7) is 1.42. The lowest BCUT2D eigenvalue weighted by atomic mass is 10.00. The predicted molar refractivity (Wildman–Crippen MR) is 108 cm³/mol. The van der Waals surface area contributed by atoms with Crippen LogP contribution in [0.3, 0.4) is 0 Å². The van der Waals surface area contributed by atoms with E-state index >= 15 is 0 Å². The molecule has 1 saturated heterocycles. The van der Waals surface area contributed by atoms with Crippen LogP contribution in [0.5, 0.6) is 28.7 Å². The van der Waals surface area contributed by atoms with Gasteiger partial charge in [0.05, 0.1) is 6.10 Å². The van der Waals surface area contributed by atoms with E-state index in [9.17, 15) is 40.5 Å². The molecule has 1 aliphatic heterocycles. The van der Waals surface area contributed by atoms with Crippen LogP contribution in [0.15, 0.2) is 39.5 Å². The Kier molecular flexibility index (Phi) is 5.34. The van der Waals surface area contributed by atoms with Gasteiger partial charge in [-0.1, -0.05) is 0 Å². The molecule has 7 N–H and O–H groups in total. The van der Waals surface area contributed by atoms with Gasteiger partial charge in [0.25, 0.3) is 0 Å². The first-order valence-electron chi connectivity index (χ1n) is 9.50. The topological polar surface area (TPSA) is 190 Å². The van der Waals surface area contributed by atoms with Crippen LogP contribution in [-0.4, -0.2) is 66.5 Å². The van der Waals surface area contributed by atoms with Crippen molar-refractivity contribution in [2.45, 2.75) is 37.6 Å². The van der Waals surface area contributed by atoms with Gasteiger partial charge in [-0.15, -0.1) is 0 Å². The minimum absolute atomic E-state index is 0.0750. The molecule has 0 aliphatic carbocycles. The molecule has 3 aromatic rings. The van der Waals surface area contributed by atoms with Crippen LogP contribution in [0, 0.1) is 0 Å². The number of rotatable bonds is 3. The molecule has 4 rings (SSSR count). The fourth-order valence-electron chi connectivity index (χ4n) is 3.45. The van der Waals surface area contributed by atoms with Crippen LogP contribution in [0.2, 0.25) is 0 Å². The van der Waals surface area contributed by atoms with Crippen LogP contribution in [-0.2, 0) is 4.74 Å². The SMILES string of the molecule is C[C@@H]1O[C@@H](Oc2c(O)cc(O)c3c(=O)c(O)c(-c4ccc(O)cc4)oc23)C(O)C(O)[C@H]1O. The molecule has 0 saturated carbocycles. The van der Waals surface area contributed by atoms with Crippen molar-refractivity contribution in [2.24, 2.45) is 0 Å². The molecule has 5 atom stereocenters. The monoisotopic (exact) mass is 448 g/mol. The number of phenols is 3. The van der Waals surface area contributed by atoms with E-state index < -0.39 is 70.1 Å². The Balaban J connectivity index is 1.89. The smallest absolute Gasteiger partial charge is 0.238 e. The summed E-state index contributed by atoms with van der Waals surface area (Å²) in [7, 11) is 0. The molecular formula is C21H20O11. The first-order chi connectivity index (χ1) is 15.1. The molecular weight excluding hydrogens is 428 g/mol. The number of aromatic hydroxyl groups is 4. The maximum Gasteiger partial charge on any atom is 0.238 e. The molecule has 32 heavy (non-hydrogen) atoms. The summed E-state index contributed by atoms with van der Waals surface area (Å²) in [5.74, 6) is -3.17. The number of hydrogen-bond acceptors (Lipinski definition) is 11. The van der Waals surface area contributed by atoms with Crippen molar-refractivity contribution in [3.05, 3.63) is 40.6 Å². The van der Waals surface area contributed by atoms with Crippen molar-refractivity contribution < 1.29 is 49.6 Å². The Bertz CT molecular complexity index is 1220. The van der Waals surface area contributed by atoms with E-state index in [4.69, 9.17) is 13.9 Å². The number of aliphatic hydroxyl groups excluding tert-OH is 3. The predicted octanol–water partition coefficient (Wildman–Crippen LogP) is 0.489. The van der Waals surface area contributed by atoms with Crippen LogP contribution >= 0.6 is 0 Å². The second kappa shape index (κ2) is 7.88. The first-order valence-corrected chi connectivity index (χ1v) is 9.50. The van der Waals surface area contributed by atoms with E-state index in [0.717, 1.165) is 6.07 Å². The van der Waals surface area contributed by atoms with Crippen molar-refractivity contribution in [1.29, 1.82) is 0 Å². The Morgan fingerprint density at radius 1 is 0.906 bits per heavy atom. The van der Waals surface area contributed by atoms with Crippen molar-refractivity contribution in [2.75, 3.05) is 0 Å². The van der Waals surface area contributed by atoms with Gasteiger partial charge in [0.2, 0.25) is 23.2 Å². The van der Waals surface area contributed by atoms with Gasteiger partial charge in [0.1, 0.15) is 35.2 Å². The Hall–Kier alpha value is -3.51. The summed E-state index contributed by atoms with van der Waals surface area (Å²) in [5, 5.41) is 69.9. The van der Waals surface area contributed by atoms with Crippen LogP contribution in [0.25, 0.3) is 22.3 Å². The highest BCUT2D eigenvalue weighted by molar-refractivity contribution is 5.93. The fraction of sp³-hybridized carbons (Fsp3) is 0.286. The van der Waals surface area contributed by atoms with E-state index in [-0.39, 0.29) is 17.1 Å². The average Bonchev–Trinajstić information content (AvgIpc) is 2.75. The molecule has 2 aromatic carbocycles. The molecule has 170 valence electrons. The van der Waals surface area contributed by atoms with E-state index in [1.807, 2.05) is 0 Å². The average molecular weight is 448 g/mol. The molecule has 1 fully saturated rings. The lowest BCUT2D eigenvalue weighted by molar-refractivity contribution is -0.268. The number of hydrogen-bond donors (Lipinski definition) is 7. The minimum Gasteiger partial charge on any atom is -0.508 e. The fourth-order valence-corrected chi connectivity index (χ4v) is 3.45. The summed E-state index contributed by atoms with van der Waals surface area (Å²) in [6.07, 6.45) is -7.29. The van der Waals surface area contributed by atoms with Gasteiger partial charge >= 0.3 is 0 Å². The highest BCUT2D eigenvalue weighted by atomic mass is 16.7. The van der Waals surface area contributed by atoms with E-state index in [1.165, 1.54) is 31.2 Å². The van der Waals surface area contributed by atoms with Crippen molar-refractivity contribution in [1.82, 2.24) is 0 Å². The normalized spacial score (nSPS) is 25.7. The summed E-state index contributed by atoms with van der Waals surface area (Å²) in [4.78, 5) is 12.8. The Labute approximate surface area is 179 Å². The van der Waals surface area contributed by atoms with Gasteiger partial charge in [-0.3, -0.25) is 4.79 Å². The quantitative estimate of drug-likeness (QED) is 0.295. The lowest BCUT2D eigenvalue weighted by Gasteiger charge is -2.38. The molecule has 0 spiro atoms. The summed E-state index contributed by atoms with van der Waals surface area (Å²) < 4.78 is 16.5. The standard InChI is InChI=1S/C21H20O11/c1-7-13(25)15(27)17(29)21(30-7)32-19-11(24)6-10(23)12-14(26)16(28)18(31-20(12)19)8-2-4-9(22)5-3-8/h2-7,13,15,17,21-25,27-29H,1H3/t7-,13-,15?,17?,21-/m0/s1. The second-order valence-electron chi connectivity index (χ2n) is 7.40. The van der Waals surface area contributed by atoms with Gasteiger partial charge in [0, 0.05) is 11.6 Å². The van der Waals surface area contributed by atoms with Crippen molar-refractivity contribution in [3.8, 4) is 40.1 Å². The molecule has 11 nitrogen and oxygen atoms in total. The first kappa shape index (κ1) is 21.7. The van der Waals surface area contributed by atoms with Gasteiger partial charge < -0.3 is 49.6 Å². The maximum atomic E-state index is 12.8. The summed E-state index contributed by atoms with van der Waals surface area (Å²) >= 11 is 0. The zero-order valence-corrected chi connectivity index (χ0v) is 16.5. The van der Waals surface area contributed by atoms with E-state index in [1.54, 1.807) is 0 Å². The van der Waals surface area contributed by atoms with Gasteiger partial charge in [-0.25, -0.2) is 0 Å². The molecule has 2 heterocycles. The molecule has 2 unspecified atom stereocenters. The third kappa shape index (κ3) is 3.46. The highest BCUT2D eigenvalue weighted by Gasteiger charge is 2.43. The number of benzene rings is 2. The summed E-state index contributed by atoms with van der Waals surface area (Å²) in [6, 6.07) is 6.07.